The van der Waals surface area contributed by atoms with E-state index in [1.165, 1.54) is 4.31 Å². The highest BCUT2D eigenvalue weighted by atomic mass is 35.5. The first-order valence-electron chi connectivity index (χ1n) is 8.60. The van der Waals surface area contributed by atoms with E-state index < -0.39 is 15.9 Å². The summed E-state index contributed by atoms with van der Waals surface area (Å²) in [6.07, 6.45) is 1.70. The Bertz CT molecular complexity index is 1050. The van der Waals surface area contributed by atoms with Crippen molar-refractivity contribution in [1.82, 2.24) is 5.32 Å². The Morgan fingerprint density at radius 1 is 1.21 bits per heavy atom. The zero-order chi connectivity index (χ0) is 20.5. The van der Waals surface area contributed by atoms with E-state index in [9.17, 15) is 18.0 Å². The summed E-state index contributed by atoms with van der Waals surface area (Å²) in [7, 11) is -3.34. The van der Waals surface area contributed by atoms with Crippen LogP contribution in [0.5, 0.6) is 0 Å². The van der Waals surface area contributed by atoms with Crippen LogP contribution in [0.25, 0.3) is 0 Å². The van der Waals surface area contributed by atoms with Gasteiger partial charge in [0.2, 0.25) is 15.9 Å². The summed E-state index contributed by atoms with van der Waals surface area (Å²) in [6.45, 7) is 1.96. The lowest BCUT2D eigenvalue weighted by Gasteiger charge is -2.16. The van der Waals surface area contributed by atoms with Crippen LogP contribution in [0.2, 0.25) is 5.02 Å². The number of benzene rings is 2. The highest BCUT2D eigenvalue weighted by Gasteiger charge is 2.26. The number of sulfonamides is 1. The topological polar surface area (TPSA) is 95.6 Å². The van der Waals surface area contributed by atoms with Gasteiger partial charge in [0.1, 0.15) is 0 Å². The molecule has 1 heterocycles. The molecular weight excluding hydrogens is 402 g/mol. The third-order valence-electron chi connectivity index (χ3n) is 4.55. The van der Waals surface area contributed by atoms with Crippen molar-refractivity contribution in [2.24, 2.45) is 0 Å². The van der Waals surface area contributed by atoms with Crippen molar-refractivity contribution in [2.75, 3.05) is 29.0 Å². The summed E-state index contributed by atoms with van der Waals surface area (Å²) in [5.41, 5.74) is 3.09. The molecule has 0 radical (unpaired) electrons. The normalized spacial score (nSPS) is 13.2. The van der Waals surface area contributed by atoms with E-state index in [0.29, 0.717) is 34.9 Å². The predicted molar refractivity (Wildman–Crippen MR) is 109 cm³/mol. The number of amides is 2. The van der Waals surface area contributed by atoms with Gasteiger partial charge in [-0.05, 0) is 54.8 Å². The van der Waals surface area contributed by atoms with Crippen LogP contribution >= 0.6 is 11.6 Å². The second-order valence-electron chi connectivity index (χ2n) is 6.57. The van der Waals surface area contributed by atoms with E-state index in [-0.39, 0.29) is 12.5 Å². The zero-order valence-corrected chi connectivity index (χ0v) is 17.0. The maximum atomic E-state index is 12.4. The minimum atomic E-state index is -3.34. The molecule has 0 aliphatic carbocycles. The van der Waals surface area contributed by atoms with Gasteiger partial charge in [-0.15, -0.1) is 0 Å². The molecule has 0 saturated heterocycles. The Balaban J connectivity index is 1.63. The minimum Gasteiger partial charge on any atom is -0.343 e. The van der Waals surface area contributed by atoms with Crippen LogP contribution in [0.4, 0.5) is 11.4 Å². The van der Waals surface area contributed by atoms with Crippen molar-refractivity contribution in [3.63, 3.8) is 0 Å². The summed E-state index contributed by atoms with van der Waals surface area (Å²) in [5, 5.41) is 5.82. The number of nitrogens with one attached hydrogen (secondary N) is 2. The van der Waals surface area contributed by atoms with Gasteiger partial charge in [-0.2, -0.15) is 0 Å². The Morgan fingerprint density at radius 3 is 2.68 bits per heavy atom. The van der Waals surface area contributed by atoms with Gasteiger partial charge in [-0.3, -0.25) is 13.9 Å². The molecular formula is C19H20ClN3O4S. The first-order valence-corrected chi connectivity index (χ1v) is 10.8. The zero-order valence-electron chi connectivity index (χ0n) is 15.5. The Labute approximate surface area is 168 Å². The molecule has 28 heavy (non-hydrogen) atoms. The Hall–Kier alpha value is -2.58. The lowest BCUT2D eigenvalue weighted by molar-refractivity contribution is -0.115. The maximum absolute atomic E-state index is 12.4. The lowest BCUT2D eigenvalue weighted by Crippen LogP contribution is -2.33. The average molecular weight is 422 g/mol. The fourth-order valence-electron chi connectivity index (χ4n) is 3.06. The molecule has 0 fully saturated rings. The van der Waals surface area contributed by atoms with E-state index >= 15 is 0 Å². The monoisotopic (exact) mass is 421 g/mol. The highest BCUT2D eigenvalue weighted by Crippen LogP contribution is 2.30. The molecule has 0 bridgehead atoms. The van der Waals surface area contributed by atoms with Crippen LogP contribution in [0.1, 0.15) is 21.5 Å². The average Bonchev–Trinajstić information content (AvgIpc) is 3.07. The molecule has 0 spiro atoms. The van der Waals surface area contributed by atoms with Crippen LogP contribution in [-0.2, 0) is 21.2 Å². The van der Waals surface area contributed by atoms with Gasteiger partial charge in [0.15, 0.2) is 0 Å². The van der Waals surface area contributed by atoms with Crippen molar-refractivity contribution in [3.8, 4) is 0 Å². The lowest BCUT2D eigenvalue weighted by atomic mass is 10.1. The minimum absolute atomic E-state index is 0.197. The van der Waals surface area contributed by atoms with Gasteiger partial charge in [0.25, 0.3) is 5.91 Å². The van der Waals surface area contributed by atoms with Gasteiger partial charge in [-0.1, -0.05) is 17.7 Å². The summed E-state index contributed by atoms with van der Waals surface area (Å²) >= 11 is 6.03. The van der Waals surface area contributed by atoms with Crippen LogP contribution in [0.15, 0.2) is 36.4 Å². The summed E-state index contributed by atoms with van der Waals surface area (Å²) in [5.74, 6) is -0.776. The Kier molecular flexibility index (Phi) is 5.62. The molecule has 0 aromatic heterocycles. The van der Waals surface area contributed by atoms with E-state index in [1.54, 1.807) is 43.3 Å². The standard InChI is InChI=1S/C19H20ClN3O4S/c1-12-15(20)4-3-5-16(12)22-18(24)11-21-19(25)14-6-7-17-13(10-14)8-9-23(17)28(2,26)27/h3-7,10H,8-9,11H2,1-2H3,(H,21,25)(H,22,24). The molecule has 7 nitrogen and oxygen atoms in total. The number of fused-ring (bicyclic) bond motifs is 1. The predicted octanol–water partition coefficient (Wildman–Crippen LogP) is 2.34. The molecule has 3 rings (SSSR count). The third-order valence-corrected chi connectivity index (χ3v) is 6.14. The summed E-state index contributed by atoms with van der Waals surface area (Å²) in [4.78, 5) is 24.5. The molecule has 1 aliphatic heterocycles. The van der Waals surface area contributed by atoms with Gasteiger partial charge >= 0.3 is 0 Å². The molecule has 2 amide bonds. The number of hydrogen-bond acceptors (Lipinski definition) is 4. The quantitative estimate of drug-likeness (QED) is 0.774. The van der Waals surface area contributed by atoms with Crippen molar-refractivity contribution >= 4 is 44.8 Å². The van der Waals surface area contributed by atoms with Gasteiger partial charge in [0, 0.05) is 22.8 Å². The second-order valence-corrected chi connectivity index (χ2v) is 8.89. The molecule has 1 aliphatic rings. The highest BCUT2D eigenvalue weighted by molar-refractivity contribution is 7.92. The Morgan fingerprint density at radius 2 is 1.96 bits per heavy atom. The van der Waals surface area contributed by atoms with Crippen molar-refractivity contribution in [3.05, 3.63) is 58.1 Å². The van der Waals surface area contributed by atoms with Crippen molar-refractivity contribution in [1.29, 1.82) is 0 Å². The summed E-state index contributed by atoms with van der Waals surface area (Å²) in [6, 6.07) is 10.0. The van der Waals surface area contributed by atoms with Crippen molar-refractivity contribution < 1.29 is 18.0 Å². The smallest absolute Gasteiger partial charge is 0.251 e. The number of halogens is 1. The second kappa shape index (κ2) is 7.81. The van der Waals surface area contributed by atoms with E-state index in [4.69, 9.17) is 11.6 Å². The van der Waals surface area contributed by atoms with E-state index in [0.717, 1.165) is 17.4 Å². The third kappa shape index (κ3) is 4.28. The fourth-order valence-corrected chi connectivity index (χ4v) is 4.19. The van der Waals surface area contributed by atoms with Gasteiger partial charge < -0.3 is 10.6 Å². The molecule has 2 aromatic carbocycles. The number of rotatable bonds is 5. The number of hydrogen-bond donors (Lipinski definition) is 2. The van der Waals surface area contributed by atoms with Crippen LogP contribution in [0.3, 0.4) is 0 Å². The number of carbonyl (C=O) groups excluding carboxylic acids is 2. The van der Waals surface area contributed by atoms with E-state index in [2.05, 4.69) is 10.6 Å². The molecule has 0 saturated carbocycles. The number of anilines is 2. The first kappa shape index (κ1) is 20.2. The molecule has 0 unspecified atom stereocenters. The molecule has 2 aromatic rings. The van der Waals surface area contributed by atoms with Crippen LogP contribution in [-0.4, -0.2) is 39.6 Å². The molecule has 2 N–H and O–H groups in total. The first-order chi connectivity index (χ1) is 13.2. The maximum Gasteiger partial charge on any atom is 0.251 e. The molecule has 0 atom stereocenters. The van der Waals surface area contributed by atoms with E-state index in [1.807, 2.05) is 0 Å². The van der Waals surface area contributed by atoms with Crippen LogP contribution < -0.4 is 14.9 Å². The number of carbonyl (C=O) groups is 2. The summed E-state index contributed by atoms with van der Waals surface area (Å²) < 4.78 is 24.9. The SMILES string of the molecule is Cc1c(Cl)cccc1NC(=O)CNC(=O)c1ccc2c(c1)CCN2S(C)(=O)=O. The molecule has 9 heteroatoms. The fraction of sp³-hybridized carbons (Fsp3) is 0.263. The van der Waals surface area contributed by atoms with Crippen LogP contribution in [0, 0.1) is 6.92 Å². The van der Waals surface area contributed by atoms with Gasteiger partial charge in [0.05, 0.1) is 18.5 Å². The van der Waals surface area contributed by atoms with Crippen molar-refractivity contribution in [2.45, 2.75) is 13.3 Å². The largest absolute Gasteiger partial charge is 0.343 e. The number of nitrogens with zero attached hydrogens (tertiary/aromatic N) is 1. The van der Waals surface area contributed by atoms with Gasteiger partial charge in [-0.25, -0.2) is 8.42 Å². The molecule has 148 valence electrons.